The van der Waals surface area contributed by atoms with E-state index in [0.717, 1.165) is 60.2 Å². The third kappa shape index (κ3) is 3.25. The van der Waals surface area contributed by atoms with Crippen LogP contribution in [0.4, 0.5) is 5.82 Å². The van der Waals surface area contributed by atoms with Crippen molar-refractivity contribution in [2.24, 2.45) is 0 Å². The molecule has 0 bridgehead atoms. The van der Waals surface area contributed by atoms with Crippen molar-refractivity contribution in [1.82, 2.24) is 15.1 Å². The summed E-state index contributed by atoms with van der Waals surface area (Å²) in [6, 6.07) is 4.16. The third-order valence-corrected chi connectivity index (χ3v) is 6.42. The summed E-state index contributed by atoms with van der Waals surface area (Å²) in [4.78, 5) is 11.8. The maximum atomic E-state index is 6.65. The van der Waals surface area contributed by atoms with Crippen LogP contribution >= 0.6 is 11.6 Å². The van der Waals surface area contributed by atoms with Gasteiger partial charge in [-0.25, -0.2) is 4.98 Å². The summed E-state index contributed by atoms with van der Waals surface area (Å²) in [6.07, 6.45) is 2.48. The monoisotopic (exact) mass is 428 g/mol. The minimum absolute atomic E-state index is 0.447. The SMILES string of the molecule is CCc1cc(Cl)c2nc(N3CCC4(CC3)OCCO4)c(-c3nc(C)no3)c(C)c2c1. The Kier molecular flexibility index (Phi) is 4.92. The van der Waals surface area contributed by atoms with E-state index in [9.17, 15) is 0 Å². The van der Waals surface area contributed by atoms with Crippen molar-refractivity contribution in [1.29, 1.82) is 0 Å². The van der Waals surface area contributed by atoms with E-state index in [0.29, 0.717) is 30.0 Å². The number of hydrogen-bond acceptors (Lipinski definition) is 7. The number of halogens is 1. The van der Waals surface area contributed by atoms with Gasteiger partial charge in [0.05, 0.1) is 29.3 Å². The number of fused-ring (bicyclic) bond motifs is 1. The van der Waals surface area contributed by atoms with Crippen molar-refractivity contribution in [2.75, 3.05) is 31.2 Å². The smallest absolute Gasteiger partial charge is 0.261 e. The number of anilines is 1. The summed E-state index contributed by atoms with van der Waals surface area (Å²) in [5, 5.41) is 5.69. The van der Waals surface area contributed by atoms with E-state index in [1.807, 2.05) is 13.0 Å². The zero-order chi connectivity index (χ0) is 20.9. The van der Waals surface area contributed by atoms with E-state index in [1.54, 1.807) is 0 Å². The Bertz CT molecular complexity index is 1100. The molecule has 1 spiro atoms. The van der Waals surface area contributed by atoms with E-state index in [1.165, 1.54) is 5.56 Å². The fourth-order valence-corrected chi connectivity index (χ4v) is 4.74. The van der Waals surface area contributed by atoms with Gasteiger partial charge in [0.15, 0.2) is 11.6 Å². The fraction of sp³-hybridized carbons (Fsp3) is 0.500. The first-order valence-corrected chi connectivity index (χ1v) is 10.8. The number of pyridine rings is 1. The van der Waals surface area contributed by atoms with Gasteiger partial charge in [-0.15, -0.1) is 0 Å². The molecule has 0 saturated carbocycles. The second-order valence-electron chi connectivity index (χ2n) is 8.00. The van der Waals surface area contributed by atoms with Crippen LogP contribution in [0.1, 0.15) is 36.7 Å². The molecular formula is C22H25ClN4O3. The molecule has 7 nitrogen and oxygen atoms in total. The van der Waals surface area contributed by atoms with E-state index < -0.39 is 5.79 Å². The Balaban J connectivity index is 1.65. The van der Waals surface area contributed by atoms with Crippen molar-refractivity contribution in [3.05, 3.63) is 34.1 Å². The first-order chi connectivity index (χ1) is 14.5. The first-order valence-electron chi connectivity index (χ1n) is 10.5. The molecule has 2 aromatic heterocycles. The van der Waals surface area contributed by atoms with Crippen LogP contribution in [-0.4, -0.2) is 47.2 Å². The number of benzene rings is 1. The minimum atomic E-state index is -0.447. The van der Waals surface area contributed by atoms with E-state index in [-0.39, 0.29) is 0 Å². The maximum absolute atomic E-state index is 6.65. The van der Waals surface area contributed by atoms with Crippen LogP contribution in [0, 0.1) is 13.8 Å². The number of aryl methyl sites for hydroxylation is 3. The normalized spacial score (nSPS) is 18.6. The predicted octanol–water partition coefficient (Wildman–Crippen LogP) is 4.46. The number of nitrogens with zero attached hydrogens (tertiary/aromatic N) is 4. The topological polar surface area (TPSA) is 73.5 Å². The predicted molar refractivity (Wildman–Crippen MR) is 115 cm³/mol. The summed E-state index contributed by atoms with van der Waals surface area (Å²) in [6.45, 7) is 8.87. The first kappa shape index (κ1) is 19.7. The van der Waals surface area contributed by atoms with Gasteiger partial charge in [0.25, 0.3) is 5.89 Å². The van der Waals surface area contributed by atoms with Crippen molar-refractivity contribution < 1.29 is 14.0 Å². The fourth-order valence-electron chi connectivity index (χ4n) is 4.45. The summed E-state index contributed by atoms with van der Waals surface area (Å²) in [7, 11) is 0. The minimum Gasteiger partial charge on any atom is -0.356 e. The van der Waals surface area contributed by atoms with Gasteiger partial charge >= 0.3 is 0 Å². The summed E-state index contributed by atoms with van der Waals surface area (Å²) in [5.41, 5.74) is 3.89. The molecule has 158 valence electrons. The zero-order valence-electron chi connectivity index (χ0n) is 17.5. The lowest BCUT2D eigenvalue weighted by Crippen LogP contribution is -2.45. The van der Waals surface area contributed by atoms with Crippen LogP contribution in [-0.2, 0) is 15.9 Å². The molecule has 8 heteroatoms. The molecule has 0 amide bonds. The lowest BCUT2D eigenvalue weighted by molar-refractivity contribution is -0.169. The van der Waals surface area contributed by atoms with Gasteiger partial charge < -0.3 is 18.9 Å². The molecule has 4 heterocycles. The second-order valence-corrected chi connectivity index (χ2v) is 8.41. The van der Waals surface area contributed by atoms with Crippen LogP contribution in [0.15, 0.2) is 16.7 Å². The highest BCUT2D eigenvalue weighted by Gasteiger charge is 2.41. The number of ether oxygens (including phenoxy) is 2. The molecule has 3 aromatic rings. The Labute approximate surface area is 180 Å². The highest BCUT2D eigenvalue weighted by Crippen LogP contribution is 2.41. The Hall–Kier alpha value is -2.22. The van der Waals surface area contributed by atoms with Crippen LogP contribution in [0.25, 0.3) is 22.4 Å². The van der Waals surface area contributed by atoms with Crippen molar-refractivity contribution in [3.8, 4) is 11.5 Å². The quantitative estimate of drug-likeness (QED) is 0.609. The van der Waals surface area contributed by atoms with E-state index in [2.05, 4.69) is 35.0 Å². The van der Waals surface area contributed by atoms with Gasteiger partial charge in [-0.05, 0) is 43.5 Å². The molecule has 2 aliphatic heterocycles. The Morgan fingerprint density at radius 1 is 1.10 bits per heavy atom. The second kappa shape index (κ2) is 7.48. The average molecular weight is 429 g/mol. The van der Waals surface area contributed by atoms with Gasteiger partial charge in [0, 0.05) is 31.3 Å². The maximum Gasteiger partial charge on any atom is 0.261 e. The van der Waals surface area contributed by atoms with Gasteiger partial charge in [-0.3, -0.25) is 0 Å². The number of rotatable bonds is 3. The largest absolute Gasteiger partial charge is 0.356 e. The average Bonchev–Trinajstić information content (AvgIpc) is 3.38. The van der Waals surface area contributed by atoms with Gasteiger partial charge in [0.2, 0.25) is 0 Å². The van der Waals surface area contributed by atoms with E-state index >= 15 is 0 Å². The standard InChI is InChI=1S/C22H25ClN4O3/c1-4-15-11-16-13(2)18(21-24-14(3)26-30-21)20(25-19(16)17(23)12-15)27-7-5-22(6-8-27)28-9-10-29-22/h11-12H,4-10H2,1-3H3. The van der Waals surface area contributed by atoms with Crippen LogP contribution in [0.5, 0.6) is 0 Å². The molecule has 2 fully saturated rings. The summed E-state index contributed by atoms with van der Waals surface area (Å²) < 4.78 is 17.4. The van der Waals surface area contributed by atoms with Crippen molar-refractivity contribution >= 4 is 28.3 Å². The van der Waals surface area contributed by atoms with Crippen LogP contribution < -0.4 is 4.90 Å². The lowest BCUT2D eigenvalue weighted by Gasteiger charge is -2.38. The molecule has 0 aliphatic carbocycles. The Morgan fingerprint density at radius 2 is 1.83 bits per heavy atom. The molecule has 2 saturated heterocycles. The third-order valence-electron chi connectivity index (χ3n) is 6.13. The molecule has 30 heavy (non-hydrogen) atoms. The number of hydrogen-bond donors (Lipinski definition) is 0. The van der Waals surface area contributed by atoms with Crippen LogP contribution in [0.2, 0.25) is 5.02 Å². The van der Waals surface area contributed by atoms with Crippen molar-refractivity contribution in [3.63, 3.8) is 0 Å². The molecule has 0 N–H and O–H groups in total. The molecule has 1 aromatic carbocycles. The molecule has 0 radical (unpaired) electrons. The summed E-state index contributed by atoms with van der Waals surface area (Å²) >= 11 is 6.65. The lowest BCUT2D eigenvalue weighted by atomic mass is 9.98. The van der Waals surface area contributed by atoms with Crippen molar-refractivity contribution in [2.45, 2.75) is 45.8 Å². The molecular weight excluding hydrogens is 404 g/mol. The summed E-state index contributed by atoms with van der Waals surface area (Å²) in [5.74, 6) is 1.46. The molecule has 0 unspecified atom stereocenters. The van der Waals surface area contributed by atoms with Gasteiger partial charge in [0.1, 0.15) is 5.82 Å². The molecule has 0 atom stereocenters. The highest BCUT2D eigenvalue weighted by atomic mass is 35.5. The van der Waals surface area contributed by atoms with Crippen LogP contribution in [0.3, 0.4) is 0 Å². The highest BCUT2D eigenvalue weighted by molar-refractivity contribution is 6.35. The van der Waals surface area contributed by atoms with Gasteiger partial charge in [-0.2, -0.15) is 4.98 Å². The zero-order valence-corrected chi connectivity index (χ0v) is 18.3. The number of aromatic nitrogens is 3. The molecule has 5 rings (SSSR count). The van der Waals surface area contributed by atoms with E-state index in [4.69, 9.17) is 30.6 Å². The van der Waals surface area contributed by atoms with Gasteiger partial charge in [-0.1, -0.05) is 23.7 Å². The Morgan fingerprint density at radius 3 is 2.47 bits per heavy atom. The molecule has 2 aliphatic rings. The number of piperidine rings is 1.